The summed E-state index contributed by atoms with van der Waals surface area (Å²) in [6.45, 7) is 3.63. The maximum Gasteiger partial charge on any atom is 0.344 e. The monoisotopic (exact) mass is 190 g/mol. The van der Waals surface area contributed by atoms with Gasteiger partial charge in [-0.3, -0.25) is 0 Å². The molecule has 0 saturated heterocycles. The topological polar surface area (TPSA) is 83.8 Å². The molecule has 0 rings (SSSR count). The number of ether oxygens (including phenoxy) is 1. The maximum atomic E-state index is 10.4. The highest BCUT2D eigenvalue weighted by molar-refractivity contribution is 5.96. The Morgan fingerprint density at radius 1 is 1.15 bits per heavy atom. The molecule has 5 nitrogen and oxygen atoms in total. The zero-order valence-corrected chi connectivity index (χ0v) is 7.69. The standard InChI is InChI=1S/C8H14O5/c1-3-5(4-2)13-6(7(9)10)8(11)12/h5-6H,3-4H2,1-2H3,(H,9,10)(H,11,12). The molecule has 0 saturated carbocycles. The van der Waals surface area contributed by atoms with Gasteiger partial charge in [0.2, 0.25) is 0 Å². The Kier molecular flexibility index (Phi) is 5.06. The van der Waals surface area contributed by atoms with Gasteiger partial charge in [-0.05, 0) is 12.8 Å². The first-order chi connectivity index (χ1) is 6.02. The highest BCUT2D eigenvalue weighted by atomic mass is 16.5. The van der Waals surface area contributed by atoms with Crippen molar-refractivity contribution < 1.29 is 24.5 Å². The summed E-state index contributed by atoms with van der Waals surface area (Å²) in [5.74, 6) is -2.92. The van der Waals surface area contributed by atoms with Crippen LogP contribution in [0.15, 0.2) is 0 Å². The summed E-state index contributed by atoms with van der Waals surface area (Å²) in [6.07, 6.45) is -0.844. The van der Waals surface area contributed by atoms with Crippen molar-refractivity contribution in [3.63, 3.8) is 0 Å². The fraction of sp³-hybridized carbons (Fsp3) is 0.750. The Hall–Kier alpha value is -1.10. The first-order valence-electron chi connectivity index (χ1n) is 4.13. The molecule has 76 valence electrons. The second kappa shape index (κ2) is 5.53. The third-order valence-electron chi connectivity index (χ3n) is 1.69. The van der Waals surface area contributed by atoms with Crippen LogP contribution in [0.1, 0.15) is 26.7 Å². The summed E-state index contributed by atoms with van der Waals surface area (Å²) in [5.41, 5.74) is 0. The molecular formula is C8H14O5. The van der Waals surface area contributed by atoms with Crippen LogP contribution >= 0.6 is 0 Å². The van der Waals surface area contributed by atoms with Gasteiger partial charge in [0, 0.05) is 0 Å². The SMILES string of the molecule is CCC(CC)OC(C(=O)O)C(=O)O. The molecule has 0 bridgehead atoms. The molecule has 0 aliphatic rings. The molecule has 0 fully saturated rings. The van der Waals surface area contributed by atoms with Crippen LogP contribution in [0.2, 0.25) is 0 Å². The molecule has 0 aliphatic carbocycles. The third-order valence-corrected chi connectivity index (χ3v) is 1.69. The summed E-state index contributed by atoms with van der Waals surface area (Å²) in [5, 5.41) is 17.0. The lowest BCUT2D eigenvalue weighted by Crippen LogP contribution is -2.35. The zero-order chi connectivity index (χ0) is 10.4. The summed E-state index contributed by atoms with van der Waals surface area (Å²) in [6, 6.07) is 0. The lowest BCUT2D eigenvalue weighted by atomic mass is 10.2. The Labute approximate surface area is 76.3 Å². The van der Waals surface area contributed by atoms with Crippen molar-refractivity contribution >= 4 is 11.9 Å². The van der Waals surface area contributed by atoms with E-state index >= 15 is 0 Å². The van der Waals surface area contributed by atoms with E-state index in [-0.39, 0.29) is 6.10 Å². The second-order valence-electron chi connectivity index (χ2n) is 2.63. The van der Waals surface area contributed by atoms with E-state index in [2.05, 4.69) is 0 Å². The number of aliphatic carboxylic acids is 2. The van der Waals surface area contributed by atoms with Crippen LogP contribution in [0.4, 0.5) is 0 Å². The van der Waals surface area contributed by atoms with Crippen molar-refractivity contribution in [3.05, 3.63) is 0 Å². The van der Waals surface area contributed by atoms with E-state index in [0.717, 1.165) is 0 Å². The quantitative estimate of drug-likeness (QED) is 0.603. The van der Waals surface area contributed by atoms with Gasteiger partial charge in [-0.15, -0.1) is 0 Å². The van der Waals surface area contributed by atoms with Crippen LogP contribution in [0.5, 0.6) is 0 Å². The molecule has 13 heavy (non-hydrogen) atoms. The molecule has 0 aromatic heterocycles. The van der Waals surface area contributed by atoms with Crippen LogP contribution in [-0.4, -0.2) is 34.4 Å². The van der Waals surface area contributed by atoms with E-state index in [4.69, 9.17) is 14.9 Å². The van der Waals surface area contributed by atoms with Gasteiger partial charge in [-0.25, -0.2) is 9.59 Å². The Morgan fingerprint density at radius 2 is 1.54 bits per heavy atom. The van der Waals surface area contributed by atoms with E-state index in [1.165, 1.54) is 0 Å². The third kappa shape index (κ3) is 3.89. The van der Waals surface area contributed by atoms with Crippen LogP contribution in [-0.2, 0) is 14.3 Å². The molecule has 0 radical (unpaired) electrons. The minimum atomic E-state index is -1.75. The number of carboxylic acids is 2. The lowest BCUT2D eigenvalue weighted by molar-refractivity contribution is -0.170. The van der Waals surface area contributed by atoms with Crippen LogP contribution in [0.3, 0.4) is 0 Å². The van der Waals surface area contributed by atoms with Crippen molar-refractivity contribution in [2.75, 3.05) is 0 Å². The first kappa shape index (κ1) is 11.9. The minimum absolute atomic E-state index is 0.308. The molecule has 0 spiro atoms. The normalized spacial score (nSPS) is 10.8. The number of hydrogen-bond donors (Lipinski definition) is 2. The van der Waals surface area contributed by atoms with E-state index in [1.54, 1.807) is 0 Å². The molecule has 0 aromatic carbocycles. The van der Waals surface area contributed by atoms with E-state index in [1.807, 2.05) is 13.8 Å². The van der Waals surface area contributed by atoms with Gasteiger partial charge in [-0.2, -0.15) is 0 Å². The number of carbonyl (C=O) groups is 2. The number of carboxylic acid groups (broad SMARTS) is 2. The van der Waals surface area contributed by atoms with Crippen LogP contribution in [0, 0.1) is 0 Å². The minimum Gasteiger partial charge on any atom is -0.479 e. The zero-order valence-electron chi connectivity index (χ0n) is 7.69. The molecule has 0 unspecified atom stereocenters. The first-order valence-corrected chi connectivity index (χ1v) is 4.13. The molecule has 5 heteroatoms. The summed E-state index contributed by atoms with van der Waals surface area (Å²) >= 11 is 0. The van der Waals surface area contributed by atoms with Gasteiger partial charge in [0.05, 0.1) is 6.10 Å². The summed E-state index contributed by atoms with van der Waals surface area (Å²) < 4.78 is 4.87. The van der Waals surface area contributed by atoms with Gasteiger partial charge >= 0.3 is 11.9 Å². The van der Waals surface area contributed by atoms with Gasteiger partial charge in [-0.1, -0.05) is 13.8 Å². The number of rotatable bonds is 6. The molecular weight excluding hydrogens is 176 g/mol. The maximum absolute atomic E-state index is 10.4. The van der Waals surface area contributed by atoms with Crippen LogP contribution in [0.25, 0.3) is 0 Å². The van der Waals surface area contributed by atoms with Gasteiger partial charge in [0.1, 0.15) is 0 Å². The predicted molar refractivity (Wildman–Crippen MR) is 44.5 cm³/mol. The van der Waals surface area contributed by atoms with Crippen molar-refractivity contribution in [2.45, 2.75) is 38.9 Å². The fourth-order valence-electron chi connectivity index (χ4n) is 0.896. The van der Waals surface area contributed by atoms with E-state index in [9.17, 15) is 9.59 Å². The Balaban J connectivity index is 4.24. The molecule has 0 heterocycles. The largest absolute Gasteiger partial charge is 0.479 e. The Bertz CT molecular complexity index is 171. The fourth-order valence-corrected chi connectivity index (χ4v) is 0.896. The van der Waals surface area contributed by atoms with Crippen molar-refractivity contribution in [1.82, 2.24) is 0 Å². The molecule has 0 aliphatic heterocycles. The summed E-state index contributed by atoms with van der Waals surface area (Å²) in [4.78, 5) is 20.8. The molecule has 0 amide bonds. The van der Waals surface area contributed by atoms with Gasteiger partial charge in [0.25, 0.3) is 6.10 Å². The van der Waals surface area contributed by atoms with Crippen molar-refractivity contribution in [2.24, 2.45) is 0 Å². The lowest BCUT2D eigenvalue weighted by Gasteiger charge is -2.16. The molecule has 0 atom stereocenters. The molecule has 0 aromatic rings. The van der Waals surface area contributed by atoms with E-state index in [0.29, 0.717) is 12.8 Å². The van der Waals surface area contributed by atoms with Gasteiger partial charge in [0.15, 0.2) is 0 Å². The average molecular weight is 190 g/mol. The highest BCUT2D eigenvalue weighted by Crippen LogP contribution is 2.07. The van der Waals surface area contributed by atoms with Crippen LogP contribution < -0.4 is 0 Å². The van der Waals surface area contributed by atoms with Crippen molar-refractivity contribution in [3.8, 4) is 0 Å². The van der Waals surface area contributed by atoms with Crippen molar-refractivity contribution in [1.29, 1.82) is 0 Å². The second-order valence-corrected chi connectivity index (χ2v) is 2.63. The highest BCUT2D eigenvalue weighted by Gasteiger charge is 2.28. The molecule has 2 N–H and O–H groups in total. The predicted octanol–water partition coefficient (Wildman–Crippen LogP) is 0.729. The average Bonchev–Trinajstić information content (AvgIpc) is 2.05. The van der Waals surface area contributed by atoms with Gasteiger partial charge < -0.3 is 14.9 Å². The Morgan fingerprint density at radius 3 is 1.77 bits per heavy atom. The number of hydrogen-bond acceptors (Lipinski definition) is 3. The summed E-state index contributed by atoms with van der Waals surface area (Å²) in [7, 11) is 0. The van der Waals surface area contributed by atoms with E-state index < -0.39 is 18.0 Å². The smallest absolute Gasteiger partial charge is 0.344 e.